The fourth-order valence-electron chi connectivity index (χ4n) is 10.2. The monoisotopic (exact) mass is 1290 g/mol. The minimum absolute atomic E-state index is 0.109. The fraction of sp³-hybridized carbons (Fsp3) is 0.434. The third-order valence-electron chi connectivity index (χ3n) is 16.0. The van der Waals surface area contributed by atoms with E-state index in [9.17, 15) is 9.59 Å². The Morgan fingerprint density at radius 1 is 0.344 bits per heavy atom. The maximum Gasteiger partial charge on any atom is 0.143 e. The SMILES string of the molecule is CC(C)(C)c1ccnc2c1C=CC2.CC(C)(C)c1ccnc2c1CC(=O)C2.CC(C)(C)c1ccnc2c1CCC(=O)C2.CC(C)c1ccccn1.CC(C)c1cccnc1.CC(C)c1cccnc1.CC(C)c1ccncc1.CC(C)c1ccncn1.CC(C)c1ccnnc1. The first-order chi connectivity index (χ1) is 45.4. The molecule has 9 aromatic heterocycles. The Labute approximate surface area is 577 Å². The number of hydrogen-bond donors (Lipinski definition) is 0. The molecule has 96 heavy (non-hydrogen) atoms. The topological polar surface area (TPSA) is 176 Å². The number of nitrogens with zero attached hydrogens (tertiary/aromatic N) is 11. The lowest BCUT2D eigenvalue weighted by Crippen LogP contribution is -2.22. The van der Waals surface area contributed by atoms with Crippen LogP contribution in [0.15, 0.2) is 178 Å². The zero-order chi connectivity index (χ0) is 71.0. The average Bonchev–Trinajstić information content (AvgIpc) is 1.59. The van der Waals surface area contributed by atoms with Gasteiger partial charge in [0.1, 0.15) is 17.9 Å². The van der Waals surface area contributed by atoms with E-state index in [1.165, 1.54) is 61.3 Å². The number of ketones is 2. The van der Waals surface area contributed by atoms with Crippen LogP contribution in [0, 0.1) is 0 Å². The van der Waals surface area contributed by atoms with Crippen LogP contribution in [0.2, 0.25) is 0 Å². The highest BCUT2D eigenvalue weighted by molar-refractivity contribution is 5.88. The van der Waals surface area contributed by atoms with Gasteiger partial charge in [0.25, 0.3) is 0 Å². The Kier molecular flexibility index (Phi) is 33.2. The molecule has 0 saturated carbocycles. The summed E-state index contributed by atoms with van der Waals surface area (Å²) in [5, 5.41) is 7.43. The number of carbonyl (C=O) groups excluding carboxylic acids is 2. The summed E-state index contributed by atoms with van der Waals surface area (Å²) in [7, 11) is 0. The van der Waals surface area contributed by atoms with Crippen molar-refractivity contribution in [1.82, 2.24) is 55.1 Å². The zero-order valence-electron chi connectivity index (χ0n) is 61.8. The van der Waals surface area contributed by atoms with Gasteiger partial charge in [-0.05, 0) is 181 Å². The molecular weight excluding hydrogens is 1180 g/mol. The van der Waals surface area contributed by atoms with Gasteiger partial charge in [-0.15, -0.1) is 0 Å². The Bertz CT molecular complexity index is 3350. The second-order valence-electron chi connectivity index (χ2n) is 29.1. The number of pyridine rings is 7. The smallest absolute Gasteiger partial charge is 0.143 e. The van der Waals surface area contributed by atoms with Crippen LogP contribution in [-0.2, 0) is 57.9 Å². The molecule has 9 heterocycles. The molecule has 13 nitrogen and oxygen atoms in total. The minimum Gasteiger partial charge on any atom is -0.299 e. The Hall–Kier alpha value is -8.71. The van der Waals surface area contributed by atoms with Gasteiger partial charge in [-0.2, -0.15) is 10.2 Å². The van der Waals surface area contributed by atoms with E-state index in [-0.39, 0.29) is 16.2 Å². The van der Waals surface area contributed by atoms with E-state index in [0.29, 0.717) is 72.8 Å². The molecule has 0 radical (unpaired) electrons. The fourth-order valence-corrected chi connectivity index (χ4v) is 10.2. The van der Waals surface area contributed by atoms with Crippen molar-refractivity contribution in [3.05, 3.63) is 262 Å². The van der Waals surface area contributed by atoms with Crippen LogP contribution in [0.5, 0.6) is 0 Å². The molecule has 0 spiro atoms. The molecule has 0 aromatic carbocycles. The van der Waals surface area contributed by atoms with Crippen molar-refractivity contribution in [3.63, 3.8) is 0 Å². The van der Waals surface area contributed by atoms with Crippen molar-refractivity contribution in [3.8, 4) is 0 Å². The zero-order valence-corrected chi connectivity index (χ0v) is 61.8. The lowest BCUT2D eigenvalue weighted by atomic mass is 9.80. The van der Waals surface area contributed by atoms with E-state index in [4.69, 9.17) is 0 Å². The predicted octanol–water partition coefficient (Wildman–Crippen LogP) is 19.5. The molecule has 0 saturated heterocycles. The molecule has 0 bridgehead atoms. The van der Waals surface area contributed by atoms with Crippen LogP contribution in [0.1, 0.15) is 271 Å². The van der Waals surface area contributed by atoms with Gasteiger partial charge < -0.3 is 0 Å². The Morgan fingerprint density at radius 2 is 0.823 bits per heavy atom. The number of rotatable bonds is 6. The molecule has 0 fully saturated rings. The van der Waals surface area contributed by atoms with Gasteiger partial charge in [0, 0.05) is 118 Å². The summed E-state index contributed by atoms with van der Waals surface area (Å²) in [5.74, 6) is 4.04. The van der Waals surface area contributed by atoms with Crippen molar-refractivity contribution in [2.75, 3.05) is 0 Å². The molecule has 0 unspecified atom stereocenters. The van der Waals surface area contributed by atoms with E-state index in [1.54, 1.807) is 37.3 Å². The number of fused-ring (bicyclic) bond motifs is 3. The number of aromatic nitrogens is 11. The summed E-state index contributed by atoms with van der Waals surface area (Å²) in [4.78, 5) is 59.6. The highest BCUT2D eigenvalue weighted by atomic mass is 16.1. The average molecular weight is 1290 g/mol. The van der Waals surface area contributed by atoms with Gasteiger partial charge in [0.15, 0.2) is 0 Å². The summed E-state index contributed by atoms with van der Waals surface area (Å²) < 4.78 is 0. The summed E-state index contributed by atoms with van der Waals surface area (Å²) in [6.07, 6.45) is 33.9. The lowest BCUT2D eigenvalue weighted by Gasteiger charge is -2.26. The van der Waals surface area contributed by atoms with Crippen molar-refractivity contribution >= 4 is 17.6 Å². The number of allylic oxidation sites excluding steroid dienone is 1. The molecule has 510 valence electrons. The third kappa shape index (κ3) is 28.3. The van der Waals surface area contributed by atoms with Gasteiger partial charge in [-0.3, -0.25) is 44.5 Å². The first-order valence-electron chi connectivity index (χ1n) is 34.1. The number of carbonyl (C=O) groups is 2. The summed E-state index contributed by atoms with van der Waals surface area (Å²) in [6, 6.07) is 28.4. The molecule has 12 rings (SSSR count). The highest BCUT2D eigenvalue weighted by Gasteiger charge is 2.28. The van der Waals surface area contributed by atoms with E-state index >= 15 is 0 Å². The first kappa shape index (κ1) is 79.7. The van der Waals surface area contributed by atoms with Gasteiger partial charge >= 0.3 is 0 Å². The van der Waals surface area contributed by atoms with Crippen LogP contribution < -0.4 is 0 Å². The maximum atomic E-state index is 11.3. The van der Waals surface area contributed by atoms with Crippen molar-refractivity contribution in [2.24, 2.45) is 0 Å². The summed E-state index contributed by atoms with van der Waals surface area (Å²) >= 11 is 0. The van der Waals surface area contributed by atoms with Gasteiger partial charge in [0.05, 0.1) is 23.3 Å². The second kappa shape index (κ2) is 40.0. The molecular formula is C83H111N11O2. The van der Waals surface area contributed by atoms with E-state index in [1.807, 2.05) is 110 Å². The molecule has 3 aliphatic rings. The second-order valence-corrected chi connectivity index (χ2v) is 29.1. The van der Waals surface area contributed by atoms with Crippen molar-refractivity contribution < 1.29 is 9.59 Å². The van der Waals surface area contributed by atoms with E-state index < -0.39 is 0 Å². The standard InChI is InChI=1S/C13H17NO.C12H15NO.C12H15N.4C8H11N.2C7H10N2/c1-13(2,3)11-6-7-14-12-8-9(15)4-5-10(11)12;1-12(2,3)10-4-5-13-11-7-8(14)6-9(10)11;1-12(2,3)10-7-8-13-11-6-4-5-9(10)11;1-7(2)8-3-5-9-6-4-8;2*1-7(2)8-4-3-5-9-6-8;1-7(2)8-5-3-4-6-9-8;1-6(2)7-3-4-8-5-9-7;1-6(2)7-3-4-8-9-5-7/h6-7H,4-5,8H2,1-3H3;4-5H,6-7H2,1-3H3;4-5,7-8H,6H2,1-3H3;4*3-7H,1-2H3;2*3-6H,1-2H3. The van der Waals surface area contributed by atoms with Gasteiger partial charge in [-0.25, -0.2) is 9.97 Å². The number of hydrogen-bond acceptors (Lipinski definition) is 13. The molecule has 0 amide bonds. The van der Waals surface area contributed by atoms with Crippen LogP contribution in [0.4, 0.5) is 0 Å². The molecule has 3 aliphatic carbocycles. The van der Waals surface area contributed by atoms with Crippen LogP contribution >= 0.6 is 0 Å². The van der Waals surface area contributed by atoms with Gasteiger partial charge in [0.2, 0.25) is 0 Å². The maximum absolute atomic E-state index is 11.3. The van der Waals surface area contributed by atoms with E-state index in [0.717, 1.165) is 35.6 Å². The van der Waals surface area contributed by atoms with Gasteiger partial charge in [-0.1, -0.05) is 176 Å². The minimum atomic E-state index is 0.109. The van der Waals surface area contributed by atoms with Crippen LogP contribution in [0.3, 0.4) is 0 Å². The highest BCUT2D eigenvalue weighted by Crippen LogP contribution is 2.33. The molecule has 0 atom stereocenters. The van der Waals surface area contributed by atoms with Crippen molar-refractivity contribution in [2.45, 2.75) is 236 Å². The van der Waals surface area contributed by atoms with Crippen LogP contribution in [-0.4, -0.2) is 66.6 Å². The predicted molar refractivity (Wildman–Crippen MR) is 397 cm³/mol. The Morgan fingerprint density at radius 3 is 1.23 bits per heavy atom. The number of Topliss-reactive ketones (excluding diaryl/α,β-unsaturated/α-hetero) is 2. The molecule has 0 N–H and O–H groups in total. The summed E-state index contributed by atoms with van der Waals surface area (Å²) in [5.41, 5.74) is 19.0. The van der Waals surface area contributed by atoms with Crippen molar-refractivity contribution in [1.29, 1.82) is 0 Å². The Balaban J connectivity index is 0.000000232. The van der Waals surface area contributed by atoms with E-state index in [2.05, 4.69) is 237 Å². The molecule has 9 aromatic rings. The largest absolute Gasteiger partial charge is 0.299 e. The molecule has 13 heteroatoms. The third-order valence-corrected chi connectivity index (χ3v) is 16.0. The summed E-state index contributed by atoms with van der Waals surface area (Å²) in [6.45, 7) is 45.7. The lowest BCUT2D eigenvalue weighted by molar-refractivity contribution is -0.119. The normalized spacial score (nSPS) is 12.5. The van der Waals surface area contributed by atoms with Crippen LogP contribution in [0.25, 0.3) is 6.08 Å². The quantitative estimate of drug-likeness (QED) is 0.154. The molecule has 0 aliphatic heterocycles. The first-order valence-corrected chi connectivity index (χ1v) is 34.1.